The number of H-pyrrole nitrogens is 1. The number of rotatable bonds is 6. The van der Waals surface area contributed by atoms with Gasteiger partial charge >= 0.3 is 0 Å². The van der Waals surface area contributed by atoms with Crippen LogP contribution in [0.15, 0.2) is 29.4 Å². The highest BCUT2D eigenvalue weighted by molar-refractivity contribution is 7.98. The summed E-state index contributed by atoms with van der Waals surface area (Å²) < 4.78 is 13.5. The molecule has 2 aromatic rings. The van der Waals surface area contributed by atoms with Gasteiger partial charge in [-0.3, -0.25) is 5.10 Å². The van der Waals surface area contributed by atoms with Crippen LogP contribution in [-0.4, -0.2) is 15.2 Å². The molecule has 1 N–H and O–H groups in total. The quantitative estimate of drug-likeness (QED) is 0.806. The molecule has 0 spiro atoms. The Morgan fingerprint density at radius 2 is 2.05 bits per heavy atom. The van der Waals surface area contributed by atoms with Gasteiger partial charge in [-0.05, 0) is 24.0 Å². The SMILES string of the molecule is Fc1ccccc1CSc1n[nH]c(CCC2CCCC2)n1. The van der Waals surface area contributed by atoms with E-state index in [2.05, 4.69) is 15.2 Å². The molecule has 1 fully saturated rings. The monoisotopic (exact) mass is 305 g/mol. The second-order valence-electron chi connectivity index (χ2n) is 5.63. The highest BCUT2D eigenvalue weighted by atomic mass is 32.2. The molecule has 0 unspecified atom stereocenters. The number of aryl methyl sites for hydroxylation is 1. The van der Waals surface area contributed by atoms with E-state index in [1.54, 1.807) is 12.1 Å². The number of benzene rings is 1. The van der Waals surface area contributed by atoms with Crippen LogP contribution in [0.4, 0.5) is 4.39 Å². The summed E-state index contributed by atoms with van der Waals surface area (Å²) in [4.78, 5) is 4.49. The standard InChI is InChI=1S/C16H20FN3S/c17-14-8-4-3-7-13(14)11-21-16-18-15(19-20-16)10-9-12-5-1-2-6-12/h3-4,7-8,12H,1-2,5-6,9-11H2,(H,18,19,20). The van der Waals surface area contributed by atoms with Crippen LogP contribution in [0.5, 0.6) is 0 Å². The van der Waals surface area contributed by atoms with Gasteiger partial charge in [0.05, 0.1) is 0 Å². The summed E-state index contributed by atoms with van der Waals surface area (Å²) >= 11 is 1.47. The molecule has 5 heteroatoms. The van der Waals surface area contributed by atoms with Gasteiger partial charge in [0.15, 0.2) is 0 Å². The molecule has 0 saturated heterocycles. The fraction of sp³-hybridized carbons (Fsp3) is 0.500. The zero-order valence-electron chi connectivity index (χ0n) is 12.0. The van der Waals surface area contributed by atoms with E-state index in [0.717, 1.165) is 18.2 Å². The van der Waals surface area contributed by atoms with Gasteiger partial charge in [0.25, 0.3) is 0 Å². The Bertz CT molecular complexity index is 578. The number of hydrogen-bond donors (Lipinski definition) is 1. The van der Waals surface area contributed by atoms with Crippen molar-refractivity contribution in [3.8, 4) is 0 Å². The molecule has 21 heavy (non-hydrogen) atoms. The third-order valence-electron chi connectivity index (χ3n) is 4.09. The molecule has 1 aliphatic rings. The van der Waals surface area contributed by atoms with Gasteiger partial charge in [0.1, 0.15) is 11.6 Å². The molecule has 1 aromatic heterocycles. The van der Waals surface area contributed by atoms with Crippen molar-refractivity contribution in [1.82, 2.24) is 15.2 Å². The van der Waals surface area contributed by atoms with Crippen LogP contribution < -0.4 is 0 Å². The van der Waals surface area contributed by atoms with Crippen LogP contribution in [0.3, 0.4) is 0 Å². The maximum atomic E-state index is 13.5. The maximum absolute atomic E-state index is 13.5. The second-order valence-corrected chi connectivity index (χ2v) is 6.58. The summed E-state index contributed by atoms with van der Waals surface area (Å²) in [5, 5.41) is 7.92. The van der Waals surface area contributed by atoms with E-state index in [-0.39, 0.29) is 5.82 Å². The number of aromatic amines is 1. The lowest BCUT2D eigenvalue weighted by molar-refractivity contribution is 0.497. The lowest BCUT2D eigenvalue weighted by Crippen LogP contribution is -1.97. The van der Waals surface area contributed by atoms with Crippen LogP contribution in [0, 0.1) is 11.7 Å². The minimum Gasteiger partial charge on any atom is -0.262 e. The molecular formula is C16H20FN3S. The van der Waals surface area contributed by atoms with Crippen LogP contribution in [0.2, 0.25) is 0 Å². The maximum Gasteiger partial charge on any atom is 0.208 e. The predicted molar refractivity (Wildman–Crippen MR) is 82.6 cm³/mol. The summed E-state index contributed by atoms with van der Waals surface area (Å²) in [7, 11) is 0. The van der Waals surface area contributed by atoms with E-state index in [1.165, 1.54) is 49.9 Å². The van der Waals surface area contributed by atoms with E-state index in [9.17, 15) is 4.39 Å². The third kappa shape index (κ3) is 4.06. The lowest BCUT2D eigenvalue weighted by Gasteiger charge is -2.05. The van der Waals surface area contributed by atoms with Crippen molar-refractivity contribution in [3.05, 3.63) is 41.5 Å². The van der Waals surface area contributed by atoms with Crippen molar-refractivity contribution in [2.75, 3.05) is 0 Å². The van der Waals surface area contributed by atoms with E-state index < -0.39 is 0 Å². The second kappa shape index (κ2) is 7.07. The first-order valence-electron chi connectivity index (χ1n) is 7.59. The number of thioether (sulfide) groups is 1. The first-order chi connectivity index (χ1) is 10.3. The molecule has 1 heterocycles. The number of aromatic nitrogens is 3. The average molecular weight is 305 g/mol. The average Bonchev–Trinajstić information content (AvgIpc) is 3.16. The fourth-order valence-electron chi connectivity index (χ4n) is 2.85. The van der Waals surface area contributed by atoms with Crippen molar-refractivity contribution >= 4 is 11.8 Å². The van der Waals surface area contributed by atoms with E-state index in [4.69, 9.17) is 0 Å². The molecular weight excluding hydrogens is 285 g/mol. The zero-order valence-corrected chi connectivity index (χ0v) is 12.8. The Morgan fingerprint density at radius 1 is 1.24 bits per heavy atom. The molecule has 1 saturated carbocycles. The Kier molecular flexibility index (Phi) is 4.91. The van der Waals surface area contributed by atoms with Crippen molar-refractivity contribution in [1.29, 1.82) is 0 Å². The number of hydrogen-bond acceptors (Lipinski definition) is 3. The number of nitrogens with one attached hydrogen (secondary N) is 1. The van der Waals surface area contributed by atoms with E-state index in [1.807, 2.05) is 6.07 Å². The van der Waals surface area contributed by atoms with E-state index >= 15 is 0 Å². The largest absolute Gasteiger partial charge is 0.262 e. The minimum absolute atomic E-state index is 0.165. The molecule has 0 bridgehead atoms. The van der Waals surface area contributed by atoms with E-state index in [0.29, 0.717) is 16.5 Å². The first-order valence-corrected chi connectivity index (χ1v) is 8.57. The fourth-order valence-corrected chi connectivity index (χ4v) is 3.66. The predicted octanol–water partition coefficient (Wildman–Crippen LogP) is 4.36. The summed E-state index contributed by atoms with van der Waals surface area (Å²) in [5.41, 5.74) is 0.694. The van der Waals surface area contributed by atoms with Crippen LogP contribution in [-0.2, 0) is 12.2 Å². The number of nitrogens with zero attached hydrogens (tertiary/aromatic N) is 2. The molecule has 0 aliphatic heterocycles. The lowest BCUT2D eigenvalue weighted by atomic mass is 10.0. The van der Waals surface area contributed by atoms with Gasteiger partial charge in [0.2, 0.25) is 5.16 Å². The molecule has 3 nitrogen and oxygen atoms in total. The molecule has 0 amide bonds. The van der Waals surface area contributed by atoms with Crippen molar-refractivity contribution < 1.29 is 4.39 Å². The minimum atomic E-state index is -0.165. The highest BCUT2D eigenvalue weighted by Gasteiger charge is 2.15. The van der Waals surface area contributed by atoms with Crippen molar-refractivity contribution in [3.63, 3.8) is 0 Å². The Morgan fingerprint density at radius 3 is 2.86 bits per heavy atom. The molecule has 112 valence electrons. The summed E-state index contributed by atoms with van der Waals surface area (Å²) in [5.74, 6) is 2.22. The van der Waals surface area contributed by atoms with Gasteiger partial charge in [0, 0.05) is 12.2 Å². The normalized spacial score (nSPS) is 15.7. The third-order valence-corrected chi connectivity index (χ3v) is 4.99. The van der Waals surface area contributed by atoms with Crippen molar-refractivity contribution in [2.45, 2.75) is 49.4 Å². The van der Waals surface area contributed by atoms with Crippen LogP contribution in [0.25, 0.3) is 0 Å². The summed E-state index contributed by atoms with van der Waals surface area (Å²) in [6.07, 6.45) is 7.66. The molecule has 0 radical (unpaired) electrons. The van der Waals surface area contributed by atoms with Crippen molar-refractivity contribution in [2.24, 2.45) is 5.92 Å². The Hall–Kier alpha value is -1.36. The summed E-state index contributed by atoms with van der Waals surface area (Å²) in [6.45, 7) is 0. The highest BCUT2D eigenvalue weighted by Crippen LogP contribution is 2.28. The van der Waals surface area contributed by atoms with Gasteiger partial charge in [-0.1, -0.05) is 55.6 Å². The van der Waals surface area contributed by atoms with Crippen LogP contribution >= 0.6 is 11.8 Å². The molecule has 0 atom stereocenters. The summed E-state index contributed by atoms with van der Waals surface area (Å²) in [6, 6.07) is 6.85. The molecule has 3 rings (SSSR count). The zero-order chi connectivity index (χ0) is 14.5. The Labute approximate surface area is 128 Å². The molecule has 1 aliphatic carbocycles. The van der Waals surface area contributed by atoms with Crippen LogP contribution in [0.1, 0.15) is 43.5 Å². The topological polar surface area (TPSA) is 41.6 Å². The Balaban J connectivity index is 1.49. The van der Waals surface area contributed by atoms with Gasteiger partial charge in [-0.15, -0.1) is 5.10 Å². The first kappa shape index (κ1) is 14.6. The molecule has 1 aromatic carbocycles. The van der Waals surface area contributed by atoms with Gasteiger partial charge in [-0.25, -0.2) is 9.37 Å². The van der Waals surface area contributed by atoms with Gasteiger partial charge in [-0.2, -0.15) is 0 Å². The van der Waals surface area contributed by atoms with Gasteiger partial charge < -0.3 is 0 Å². The number of halogens is 1. The smallest absolute Gasteiger partial charge is 0.208 e.